The number of aromatic nitrogens is 3. The fourth-order valence-electron chi connectivity index (χ4n) is 3.95. The molecule has 0 aromatic carbocycles. The number of nitrogens with zero attached hydrogens (tertiary/aromatic N) is 4. The summed E-state index contributed by atoms with van der Waals surface area (Å²) in [6.45, 7) is 4.01. The monoisotopic (exact) mass is 372 g/mol. The van der Waals surface area contributed by atoms with Crippen LogP contribution < -0.4 is 5.56 Å². The molecule has 2 aliphatic rings. The lowest BCUT2D eigenvalue weighted by Crippen LogP contribution is -2.40. The van der Waals surface area contributed by atoms with Gasteiger partial charge in [0.05, 0.1) is 16.9 Å². The van der Waals surface area contributed by atoms with Crippen LogP contribution in [-0.4, -0.2) is 38.7 Å². The fraction of sp³-hybridized carbons (Fsp3) is 0.579. The molecule has 0 saturated carbocycles. The van der Waals surface area contributed by atoms with Gasteiger partial charge in [0.25, 0.3) is 11.5 Å². The Morgan fingerprint density at radius 3 is 2.77 bits per heavy atom. The van der Waals surface area contributed by atoms with Crippen LogP contribution in [0.25, 0.3) is 0 Å². The molecule has 4 rings (SSSR count). The molecule has 7 heteroatoms. The molecular weight excluding hydrogens is 348 g/mol. The maximum Gasteiger partial charge on any atom is 0.267 e. The van der Waals surface area contributed by atoms with Gasteiger partial charge >= 0.3 is 0 Å². The number of carbonyl (C=O) groups is 1. The number of thiazole rings is 1. The lowest BCUT2D eigenvalue weighted by atomic mass is 9.95. The van der Waals surface area contributed by atoms with Gasteiger partial charge < -0.3 is 4.90 Å². The maximum atomic E-state index is 12.6. The standard InChI is InChI=1S/C19H24N4O2S/c1-13-18(26-12-20-13)19(25)22-8-6-14(7-9-22)11-23-17(24)10-15-4-2-3-5-16(15)21-23/h10,12,14H,2-9,11H2,1H3. The second-order valence-electron chi connectivity index (χ2n) is 7.35. The van der Waals surface area contributed by atoms with Gasteiger partial charge in [0.15, 0.2) is 0 Å². The molecule has 6 nitrogen and oxygen atoms in total. The van der Waals surface area contributed by atoms with Gasteiger partial charge in [-0.1, -0.05) is 0 Å². The normalized spacial score (nSPS) is 18.0. The van der Waals surface area contributed by atoms with Gasteiger partial charge in [-0.25, -0.2) is 9.67 Å². The molecule has 0 bridgehead atoms. The van der Waals surface area contributed by atoms with Gasteiger partial charge in [0.1, 0.15) is 4.88 Å². The Bertz CT molecular complexity index is 865. The number of aryl methyl sites for hydroxylation is 3. The Morgan fingerprint density at radius 2 is 2.04 bits per heavy atom. The van der Waals surface area contributed by atoms with Crippen molar-refractivity contribution >= 4 is 17.2 Å². The molecule has 3 heterocycles. The van der Waals surface area contributed by atoms with Crippen molar-refractivity contribution in [2.45, 2.75) is 52.0 Å². The topological polar surface area (TPSA) is 68.1 Å². The van der Waals surface area contributed by atoms with Crippen LogP contribution in [0.2, 0.25) is 0 Å². The number of likely N-dealkylation sites (tertiary alicyclic amines) is 1. The SMILES string of the molecule is Cc1ncsc1C(=O)N1CCC(Cn2nc3c(cc2=O)CCCC3)CC1. The summed E-state index contributed by atoms with van der Waals surface area (Å²) < 4.78 is 1.65. The second-order valence-corrected chi connectivity index (χ2v) is 8.20. The van der Waals surface area contributed by atoms with Crippen molar-refractivity contribution in [1.29, 1.82) is 0 Å². The summed E-state index contributed by atoms with van der Waals surface area (Å²) >= 11 is 1.41. The molecule has 0 spiro atoms. The molecule has 2 aromatic heterocycles. The first-order chi connectivity index (χ1) is 12.6. The summed E-state index contributed by atoms with van der Waals surface area (Å²) in [5.41, 5.74) is 4.79. The Labute approximate surface area is 156 Å². The highest BCUT2D eigenvalue weighted by atomic mass is 32.1. The molecule has 26 heavy (non-hydrogen) atoms. The Morgan fingerprint density at radius 1 is 1.27 bits per heavy atom. The molecule has 0 N–H and O–H groups in total. The van der Waals surface area contributed by atoms with Crippen molar-refractivity contribution in [2.75, 3.05) is 13.1 Å². The van der Waals surface area contributed by atoms with Crippen LogP contribution in [0, 0.1) is 12.8 Å². The molecule has 0 atom stereocenters. The first kappa shape index (κ1) is 17.4. The summed E-state index contributed by atoms with van der Waals surface area (Å²) in [5.74, 6) is 0.487. The van der Waals surface area contributed by atoms with Crippen molar-refractivity contribution in [3.63, 3.8) is 0 Å². The highest BCUT2D eigenvalue weighted by Gasteiger charge is 2.26. The van der Waals surface area contributed by atoms with E-state index in [2.05, 4.69) is 10.1 Å². The van der Waals surface area contributed by atoms with Crippen LogP contribution in [0.3, 0.4) is 0 Å². The van der Waals surface area contributed by atoms with Crippen molar-refractivity contribution in [1.82, 2.24) is 19.7 Å². The van der Waals surface area contributed by atoms with E-state index < -0.39 is 0 Å². The molecular formula is C19H24N4O2S. The summed E-state index contributed by atoms with van der Waals surface area (Å²) in [6, 6.07) is 1.78. The van der Waals surface area contributed by atoms with Gasteiger partial charge in [-0.2, -0.15) is 5.10 Å². The molecule has 1 aliphatic carbocycles. The zero-order valence-electron chi connectivity index (χ0n) is 15.1. The molecule has 1 amide bonds. The molecule has 1 fully saturated rings. The molecule has 2 aromatic rings. The quantitative estimate of drug-likeness (QED) is 0.830. The smallest absolute Gasteiger partial charge is 0.267 e. The Hall–Kier alpha value is -2.02. The zero-order chi connectivity index (χ0) is 18.1. The average molecular weight is 372 g/mol. The van der Waals surface area contributed by atoms with E-state index in [0.717, 1.165) is 73.4 Å². The third-order valence-corrected chi connectivity index (χ3v) is 6.46. The van der Waals surface area contributed by atoms with E-state index in [1.165, 1.54) is 11.3 Å². The lowest BCUT2D eigenvalue weighted by Gasteiger charge is -2.32. The molecule has 138 valence electrons. The van der Waals surface area contributed by atoms with Crippen molar-refractivity contribution in [2.24, 2.45) is 5.92 Å². The van der Waals surface area contributed by atoms with Gasteiger partial charge in [-0.3, -0.25) is 9.59 Å². The number of amides is 1. The van der Waals surface area contributed by atoms with Crippen LogP contribution >= 0.6 is 11.3 Å². The van der Waals surface area contributed by atoms with E-state index in [1.807, 2.05) is 11.8 Å². The summed E-state index contributed by atoms with van der Waals surface area (Å²) in [7, 11) is 0. The molecule has 0 unspecified atom stereocenters. The van der Waals surface area contributed by atoms with Crippen LogP contribution in [-0.2, 0) is 19.4 Å². The van der Waals surface area contributed by atoms with Crippen molar-refractivity contribution < 1.29 is 4.79 Å². The van der Waals surface area contributed by atoms with E-state index >= 15 is 0 Å². The van der Waals surface area contributed by atoms with Crippen LogP contribution in [0.4, 0.5) is 0 Å². The largest absolute Gasteiger partial charge is 0.338 e. The summed E-state index contributed by atoms with van der Waals surface area (Å²) in [4.78, 5) is 31.8. The van der Waals surface area contributed by atoms with Gasteiger partial charge in [0, 0.05) is 25.7 Å². The third kappa shape index (κ3) is 3.45. The Balaban J connectivity index is 1.39. The van der Waals surface area contributed by atoms with E-state index in [4.69, 9.17) is 0 Å². The first-order valence-corrected chi connectivity index (χ1v) is 10.3. The van der Waals surface area contributed by atoms with Gasteiger partial charge in [0.2, 0.25) is 0 Å². The first-order valence-electron chi connectivity index (χ1n) is 9.41. The minimum atomic E-state index is 0.0180. The van der Waals surface area contributed by atoms with Crippen LogP contribution in [0.15, 0.2) is 16.4 Å². The van der Waals surface area contributed by atoms with E-state index in [-0.39, 0.29) is 11.5 Å². The minimum Gasteiger partial charge on any atom is -0.338 e. The fourth-order valence-corrected chi connectivity index (χ4v) is 4.72. The van der Waals surface area contributed by atoms with Crippen LogP contribution in [0.5, 0.6) is 0 Å². The molecule has 0 radical (unpaired) electrons. The number of rotatable bonds is 3. The Kier molecular flexibility index (Phi) is 4.89. The minimum absolute atomic E-state index is 0.0180. The molecule has 1 saturated heterocycles. The number of piperidine rings is 1. The predicted octanol–water partition coefficient (Wildman–Crippen LogP) is 2.44. The highest BCUT2D eigenvalue weighted by Crippen LogP contribution is 2.23. The predicted molar refractivity (Wildman–Crippen MR) is 101 cm³/mol. The average Bonchev–Trinajstić information content (AvgIpc) is 3.08. The summed E-state index contributed by atoms with van der Waals surface area (Å²) in [5, 5.41) is 4.63. The highest BCUT2D eigenvalue weighted by molar-refractivity contribution is 7.11. The van der Waals surface area contributed by atoms with Crippen molar-refractivity contribution in [3.8, 4) is 0 Å². The van der Waals surface area contributed by atoms with Gasteiger partial charge in [-0.05, 0) is 56.9 Å². The van der Waals surface area contributed by atoms with E-state index in [9.17, 15) is 9.59 Å². The third-order valence-electron chi connectivity index (χ3n) is 5.55. The second kappa shape index (κ2) is 7.31. The van der Waals surface area contributed by atoms with Gasteiger partial charge in [-0.15, -0.1) is 11.3 Å². The maximum absolute atomic E-state index is 12.6. The summed E-state index contributed by atoms with van der Waals surface area (Å²) in [6.07, 6.45) is 6.11. The number of carbonyl (C=O) groups excluding carboxylic acids is 1. The lowest BCUT2D eigenvalue weighted by molar-refractivity contribution is 0.0684. The van der Waals surface area contributed by atoms with Crippen LogP contribution in [0.1, 0.15) is 52.3 Å². The zero-order valence-corrected chi connectivity index (χ0v) is 15.9. The number of hydrogen-bond acceptors (Lipinski definition) is 5. The molecule has 1 aliphatic heterocycles. The van der Waals surface area contributed by atoms with E-state index in [1.54, 1.807) is 16.3 Å². The number of hydrogen-bond donors (Lipinski definition) is 0. The number of fused-ring (bicyclic) bond motifs is 1. The van der Waals surface area contributed by atoms with E-state index in [0.29, 0.717) is 12.5 Å². The van der Waals surface area contributed by atoms with Crippen molar-refractivity contribution in [3.05, 3.63) is 43.8 Å².